The van der Waals surface area contributed by atoms with Gasteiger partial charge < -0.3 is 9.97 Å². The molecule has 0 unspecified atom stereocenters. The van der Waals surface area contributed by atoms with Crippen molar-refractivity contribution >= 4 is 10.9 Å². The number of H-pyrrole nitrogens is 2. The summed E-state index contributed by atoms with van der Waals surface area (Å²) < 4.78 is 0. The van der Waals surface area contributed by atoms with E-state index in [9.17, 15) is 4.79 Å². The summed E-state index contributed by atoms with van der Waals surface area (Å²) in [5.41, 5.74) is 4.59. The van der Waals surface area contributed by atoms with Gasteiger partial charge in [-0.1, -0.05) is 48.5 Å². The number of hydrogen-bond acceptors (Lipinski definition) is 2. The molecule has 2 aromatic carbocycles. The molecule has 0 saturated heterocycles. The summed E-state index contributed by atoms with van der Waals surface area (Å²) >= 11 is 0. The zero-order valence-corrected chi connectivity index (χ0v) is 13.1. The van der Waals surface area contributed by atoms with Crippen molar-refractivity contribution in [2.24, 2.45) is 0 Å². The van der Waals surface area contributed by atoms with E-state index in [1.54, 1.807) is 6.20 Å². The first-order chi connectivity index (χ1) is 11.8. The number of hydrogen-bond donors (Lipinski definition) is 2. The number of nitrogens with zero attached hydrogens (tertiary/aromatic N) is 1. The predicted octanol–water partition coefficient (Wildman–Crippen LogP) is 3.43. The lowest BCUT2D eigenvalue weighted by molar-refractivity contribution is 0.933. The van der Waals surface area contributed by atoms with Crippen molar-refractivity contribution in [1.82, 2.24) is 15.0 Å². The highest BCUT2D eigenvalue weighted by molar-refractivity contribution is 5.83. The van der Waals surface area contributed by atoms with Crippen molar-refractivity contribution < 1.29 is 0 Å². The van der Waals surface area contributed by atoms with Crippen LogP contribution in [0.4, 0.5) is 0 Å². The largest absolute Gasteiger partial charge is 0.361 e. The summed E-state index contributed by atoms with van der Waals surface area (Å²) in [5.74, 6) is 0. The zero-order chi connectivity index (χ0) is 16.4. The van der Waals surface area contributed by atoms with E-state index in [0.717, 1.165) is 22.3 Å². The normalized spacial score (nSPS) is 11.0. The molecule has 24 heavy (non-hydrogen) atoms. The van der Waals surface area contributed by atoms with Gasteiger partial charge in [-0.3, -0.25) is 9.78 Å². The lowest BCUT2D eigenvalue weighted by Crippen LogP contribution is -2.17. The second-order valence-corrected chi connectivity index (χ2v) is 5.88. The summed E-state index contributed by atoms with van der Waals surface area (Å²) in [4.78, 5) is 22.9. The minimum atomic E-state index is -0.115. The highest BCUT2D eigenvalue weighted by Gasteiger charge is 2.08. The third-order valence-corrected chi connectivity index (χ3v) is 4.18. The molecule has 2 heterocycles. The molecule has 0 aliphatic rings. The second kappa shape index (κ2) is 6.16. The molecule has 0 amide bonds. The van der Waals surface area contributed by atoms with Crippen LogP contribution in [0.15, 0.2) is 71.8 Å². The molecule has 2 N–H and O–H groups in total. The van der Waals surface area contributed by atoms with E-state index in [2.05, 4.69) is 21.0 Å². The molecule has 4 aromatic rings. The van der Waals surface area contributed by atoms with Gasteiger partial charge in [0.15, 0.2) is 0 Å². The minimum absolute atomic E-state index is 0.115. The standard InChI is InChI=1S/C20H17N3O/c24-20-19(10-14-6-2-1-3-7-14)22-13-16(23-20)11-15-12-21-18-9-5-4-8-17(15)18/h1-9,12-13,21H,10-11H2,(H,23,24). The second-order valence-electron chi connectivity index (χ2n) is 5.88. The van der Waals surface area contributed by atoms with Gasteiger partial charge in [-0.25, -0.2) is 0 Å². The van der Waals surface area contributed by atoms with Crippen molar-refractivity contribution in [3.63, 3.8) is 0 Å². The van der Waals surface area contributed by atoms with E-state index in [1.807, 2.05) is 54.7 Å². The molecule has 0 aliphatic heterocycles. The predicted molar refractivity (Wildman–Crippen MR) is 95.2 cm³/mol. The van der Waals surface area contributed by atoms with Crippen LogP contribution in [0.3, 0.4) is 0 Å². The van der Waals surface area contributed by atoms with Crippen LogP contribution in [0.1, 0.15) is 22.5 Å². The van der Waals surface area contributed by atoms with Crippen LogP contribution >= 0.6 is 0 Å². The number of aromatic amines is 2. The molecule has 118 valence electrons. The first kappa shape index (κ1) is 14.5. The SMILES string of the molecule is O=c1[nH]c(Cc2c[nH]c3ccccc23)cnc1Cc1ccccc1. The minimum Gasteiger partial charge on any atom is -0.361 e. The molecule has 0 radical (unpaired) electrons. The van der Waals surface area contributed by atoms with Gasteiger partial charge >= 0.3 is 0 Å². The number of fused-ring (bicyclic) bond motifs is 1. The summed E-state index contributed by atoms with van der Waals surface area (Å²) in [5, 5.41) is 1.17. The van der Waals surface area contributed by atoms with Crippen LogP contribution in [0.5, 0.6) is 0 Å². The van der Waals surface area contributed by atoms with Crippen molar-refractivity contribution in [3.8, 4) is 0 Å². The molecular formula is C20H17N3O. The van der Waals surface area contributed by atoms with Crippen LogP contribution in [0.25, 0.3) is 10.9 Å². The quantitative estimate of drug-likeness (QED) is 0.606. The Hall–Kier alpha value is -3.14. The number of rotatable bonds is 4. The molecule has 0 atom stereocenters. The number of benzene rings is 2. The van der Waals surface area contributed by atoms with Crippen molar-refractivity contribution in [1.29, 1.82) is 0 Å². The average molecular weight is 315 g/mol. The molecule has 0 fully saturated rings. The smallest absolute Gasteiger partial charge is 0.270 e. The van der Waals surface area contributed by atoms with Gasteiger partial charge in [-0.05, 0) is 17.2 Å². The van der Waals surface area contributed by atoms with E-state index in [-0.39, 0.29) is 5.56 Å². The van der Waals surface area contributed by atoms with E-state index < -0.39 is 0 Å². The molecule has 4 rings (SSSR count). The Morgan fingerprint density at radius 2 is 1.71 bits per heavy atom. The Morgan fingerprint density at radius 1 is 0.917 bits per heavy atom. The highest BCUT2D eigenvalue weighted by Crippen LogP contribution is 2.19. The van der Waals surface area contributed by atoms with Gasteiger partial charge in [-0.2, -0.15) is 0 Å². The lowest BCUT2D eigenvalue weighted by atomic mass is 10.1. The molecule has 4 heteroatoms. The van der Waals surface area contributed by atoms with E-state index in [1.165, 1.54) is 5.39 Å². The summed E-state index contributed by atoms with van der Waals surface area (Å²) in [6.45, 7) is 0. The maximum Gasteiger partial charge on any atom is 0.270 e. The Bertz CT molecular complexity index is 1030. The van der Waals surface area contributed by atoms with Gasteiger partial charge in [0.2, 0.25) is 0 Å². The van der Waals surface area contributed by atoms with E-state index in [4.69, 9.17) is 0 Å². The van der Waals surface area contributed by atoms with Crippen molar-refractivity contribution in [2.45, 2.75) is 12.8 Å². The van der Waals surface area contributed by atoms with Gasteiger partial charge in [0.05, 0.1) is 0 Å². The van der Waals surface area contributed by atoms with Crippen molar-refractivity contribution in [2.75, 3.05) is 0 Å². The maximum absolute atomic E-state index is 12.3. The molecule has 0 bridgehead atoms. The van der Waals surface area contributed by atoms with Gasteiger partial charge in [0.1, 0.15) is 5.69 Å². The molecule has 0 aliphatic carbocycles. The summed E-state index contributed by atoms with van der Waals surface area (Å²) in [6.07, 6.45) is 4.95. The Balaban J connectivity index is 1.59. The third-order valence-electron chi connectivity index (χ3n) is 4.18. The van der Waals surface area contributed by atoms with Crippen LogP contribution < -0.4 is 5.56 Å². The Labute approximate surface area is 139 Å². The molecular weight excluding hydrogens is 298 g/mol. The van der Waals surface area contributed by atoms with Crippen LogP contribution in [0, 0.1) is 0 Å². The summed E-state index contributed by atoms with van der Waals surface area (Å²) in [7, 11) is 0. The fourth-order valence-electron chi connectivity index (χ4n) is 2.95. The topological polar surface area (TPSA) is 61.5 Å². The number of para-hydroxylation sites is 1. The summed E-state index contributed by atoms with van der Waals surface area (Å²) in [6, 6.07) is 18.0. The fourth-order valence-corrected chi connectivity index (χ4v) is 2.95. The third kappa shape index (κ3) is 2.86. The Kier molecular flexibility index (Phi) is 3.71. The molecule has 0 spiro atoms. The van der Waals surface area contributed by atoms with Crippen LogP contribution in [-0.2, 0) is 12.8 Å². The monoisotopic (exact) mass is 315 g/mol. The van der Waals surface area contributed by atoms with Crippen LogP contribution in [-0.4, -0.2) is 15.0 Å². The first-order valence-electron chi connectivity index (χ1n) is 7.95. The zero-order valence-electron chi connectivity index (χ0n) is 13.1. The fraction of sp³-hybridized carbons (Fsp3) is 0.100. The van der Waals surface area contributed by atoms with Crippen molar-refractivity contribution in [3.05, 3.63) is 99.9 Å². The van der Waals surface area contributed by atoms with Gasteiger partial charge in [0, 0.05) is 41.8 Å². The number of nitrogens with one attached hydrogen (secondary N) is 2. The average Bonchev–Trinajstić information content (AvgIpc) is 3.01. The first-order valence-corrected chi connectivity index (χ1v) is 7.95. The molecule has 2 aromatic heterocycles. The van der Waals surface area contributed by atoms with E-state index >= 15 is 0 Å². The van der Waals surface area contributed by atoms with E-state index in [0.29, 0.717) is 18.5 Å². The highest BCUT2D eigenvalue weighted by atomic mass is 16.1. The molecule has 0 saturated carbocycles. The Morgan fingerprint density at radius 3 is 2.54 bits per heavy atom. The van der Waals surface area contributed by atoms with Crippen LogP contribution in [0.2, 0.25) is 0 Å². The number of aromatic nitrogens is 3. The molecule has 4 nitrogen and oxygen atoms in total. The van der Waals surface area contributed by atoms with Gasteiger partial charge in [0.25, 0.3) is 5.56 Å². The van der Waals surface area contributed by atoms with Gasteiger partial charge in [-0.15, -0.1) is 0 Å². The lowest BCUT2D eigenvalue weighted by Gasteiger charge is -2.04. The maximum atomic E-state index is 12.3.